The van der Waals surface area contributed by atoms with Crippen LogP contribution in [0.25, 0.3) is 0 Å². The Morgan fingerprint density at radius 2 is 1.96 bits per heavy atom. The van der Waals surface area contributed by atoms with E-state index in [1.807, 2.05) is 17.0 Å². The zero-order chi connectivity index (χ0) is 16.1. The number of hydrogen-bond acceptors (Lipinski definition) is 4. The lowest BCUT2D eigenvalue weighted by Crippen LogP contribution is -2.44. The number of anilines is 1. The summed E-state index contributed by atoms with van der Waals surface area (Å²) in [4.78, 5) is 21.6. The fraction of sp³-hybridized carbons (Fsp3) is 0.667. The van der Waals surface area contributed by atoms with Gasteiger partial charge in [0.05, 0.1) is 0 Å². The molecule has 1 aromatic rings. The second kappa shape index (κ2) is 7.77. The Morgan fingerprint density at radius 3 is 2.74 bits per heavy atom. The Labute approximate surface area is 138 Å². The van der Waals surface area contributed by atoms with E-state index in [0.29, 0.717) is 6.42 Å². The van der Waals surface area contributed by atoms with Crippen molar-refractivity contribution in [2.24, 2.45) is 0 Å². The highest BCUT2D eigenvalue weighted by atomic mass is 16.3. The molecular formula is C18H27N3O2. The zero-order valence-corrected chi connectivity index (χ0v) is 13.8. The summed E-state index contributed by atoms with van der Waals surface area (Å²) in [5.74, 6) is 1.01. The van der Waals surface area contributed by atoms with E-state index in [1.165, 1.54) is 19.3 Å². The van der Waals surface area contributed by atoms with Crippen molar-refractivity contribution in [2.75, 3.05) is 31.1 Å². The van der Waals surface area contributed by atoms with Crippen molar-refractivity contribution in [1.82, 2.24) is 9.88 Å². The van der Waals surface area contributed by atoms with E-state index in [9.17, 15) is 9.90 Å². The molecule has 0 aliphatic carbocycles. The molecule has 0 spiro atoms. The van der Waals surface area contributed by atoms with Gasteiger partial charge in [0.25, 0.3) is 5.91 Å². The highest BCUT2D eigenvalue weighted by Gasteiger charge is 2.27. The third kappa shape index (κ3) is 3.83. The van der Waals surface area contributed by atoms with E-state index in [2.05, 4.69) is 9.88 Å². The van der Waals surface area contributed by atoms with E-state index < -0.39 is 0 Å². The molecular weight excluding hydrogens is 290 g/mol. The van der Waals surface area contributed by atoms with E-state index in [4.69, 9.17) is 0 Å². The first-order valence-electron chi connectivity index (χ1n) is 8.92. The van der Waals surface area contributed by atoms with Crippen molar-refractivity contribution in [2.45, 2.75) is 51.0 Å². The predicted octanol–water partition coefficient (Wildman–Crippen LogP) is 2.45. The number of aliphatic hydroxyl groups is 1. The molecule has 5 heteroatoms. The van der Waals surface area contributed by atoms with Gasteiger partial charge < -0.3 is 14.9 Å². The van der Waals surface area contributed by atoms with Gasteiger partial charge in [0, 0.05) is 44.0 Å². The molecule has 1 unspecified atom stereocenters. The van der Waals surface area contributed by atoms with Gasteiger partial charge in [-0.15, -0.1) is 0 Å². The molecule has 2 saturated heterocycles. The molecule has 0 aromatic carbocycles. The van der Waals surface area contributed by atoms with Crippen molar-refractivity contribution in [3.8, 4) is 0 Å². The van der Waals surface area contributed by atoms with Crippen LogP contribution in [0.3, 0.4) is 0 Å². The molecule has 5 nitrogen and oxygen atoms in total. The van der Waals surface area contributed by atoms with E-state index in [1.54, 1.807) is 6.20 Å². The Morgan fingerprint density at radius 1 is 1.17 bits per heavy atom. The number of aromatic nitrogens is 1. The molecule has 0 bridgehead atoms. The van der Waals surface area contributed by atoms with Crippen LogP contribution in [0.15, 0.2) is 18.3 Å². The highest BCUT2D eigenvalue weighted by Crippen LogP contribution is 2.24. The van der Waals surface area contributed by atoms with Gasteiger partial charge in [-0.1, -0.05) is 0 Å². The normalized spacial score (nSPS) is 22.2. The number of carbonyl (C=O) groups is 1. The van der Waals surface area contributed by atoms with Crippen LogP contribution in [0.5, 0.6) is 0 Å². The first-order chi connectivity index (χ1) is 11.3. The van der Waals surface area contributed by atoms with Gasteiger partial charge >= 0.3 is 0 Å². The lowest BCUT2D eigenvalue weighted by atomic mass is 9.98. The maximum Gasteiger partial charge on any atom is 0.254 e. The van der Waals surface area contributed by atoms with Gasteiger partial charge in [0.15, 0.2) is 0 Å². The van der Waals surface area contributed by atoms with Crippen LogP contribution >= 0.6 is 0 Å². The summed E-state index contributed by atoms with van der Waals surface area (Å²) in [7, 11) is 0. The number of nitrogens with zero attached hydrogens (tertiary/aromatic N) is 3. The molecule has 2 aliphatic rings. The molecule has 3 rings (SSSR count). The van der Waals surface area contributed by atoms with Crippen LogP contribution in [0.4, 0.5) is 5.82 Å². The molecule has 3 heterocycles. The fourth-order valence-electron chi connectivity index (χ4n) is 3.73. The van der Waals surface area contributed by atoms with Crippen LogP contribution < -0.4 is 4.90 Å². The number of rotatable bonds is 4. The van der Waals surface area contributed by atoms with Crippen LogP contribution in [0.1, 0.15) is 55.3 Å². The summed E-state index contributed by atoms with van der Waals surface area (Å²) < 4.78 is 0. The third-order valence-corrected chi connectivity index (χ3v) is 5.02. The Kier molecular flexibility index (Phi) is 5.49. The number of likely N-dealkylation sites (tertiary alicyclic amines) is 1. The number of piperidine rings is 2. The number of carbonyl (C=O) groups excluding carboxylic acids is 1. The molecule has 0 saturated carbocycles. The maximum atomic E-state index is 12.9. The summed E-state index contributed by atoms with van der Waals surface area (Å²) in [6, 6.07) is 3.94. The number of hydrogen-bond donors (Lipinski definition) is 1. The summed E-state index contributed by atoms with van der Waals surface area (Å²) in [6.45, 7) is 3.00. The van der Waals surface area contributed by atoms with E-state index >= 15 is 0 Å². The maximum absolute atomic E-state index is 12.9. The van der Waals surface area contributed by atoms with Gasteiger partial charge in [0.2, 0.25) is 0 Å². The molecule has 1 aromatic heterocycles. The molecule has 126 valence electrons. The summed E-state index contributed by atoms with van der Waals surface area (Å²) in [5.41, 5.74) is 0.727. The Balaban J connectivity index is 1.75. The van der Waals surface area contributed by atoms with Crippen LogP contribution in [0, 0.1) is 0 Å². The lowest BCUT2D eigenvalue weighted by molar-refractivity contribution is 0.0574. The quantitative estimate of drug-likeness (QED) is 0.927. The number of aliphatic hydroxyl groups excluding tert-OH is 1. The van der Waals surface area contributed by atoms with Crippen LogP contribution in [-0.4, -0.2) is 53.2 Å². The van der Waals surface area contributed by atoms with Crippen molar-refractivity contribution in [3.05, 3.63) is 23.9 Å². The molecule has 1 N–H and O–H groups in total. The summed E-state index contributed by atoms with van der Waals surface area (Å²) in [5, 5.41) is 9.25. The standard InChI is InChI=1S/C18H27N3O2/c22-13-8-16-6-2-5-12-21(16)18(23)15-7-9-19-17(14-15)20-10-3-1-4-11-20/h7,9,14,16,22H,1-6,8,10-13H2. The topological polar surface area (TPSA) is 56.7 Å². The molecule has 23 heavy (non-hydrogen) atoms. The Bertz CT molecular complexity index is 527. The van der Waals surface area contributed by atoms with Crippen molar-refractivity contribution >= 4 is 11.7 Å². The van der Waals surface area contributed by atoms with Gasteiger partial charge in [-0.25, -0.2) is 4.98 Å². The second-order valence-electron chi connectivity index (χ2n) is 6.61. The second-order valence-corrected chi connectivity index (χ2v) is 6.61. The molecule has 2 fully saturated rings. The lowest BCUT2D eigenvalue weighted by Gasteiger charge is -2.36. The number of pyridine rings is 1. The van der Waals surface area contributed by atoms with Crippen molar-refractivity contribution in [3.63, 3.8) is 0 Å². The summed E-state index contributed by atoms with van der Waals surface area (Å²) in [6.07, 6.45) is 9.30. The molecule has 2 aliphatic heterocycles. The largest absolute Gasteiger partial charge is 0.396 e. The SMILES string of the molecule is O=C(c1ccnc(N2CCCCC2)c1)N1CCCCC1CCO. The Hall–Kier alpha value is -1.62. The van der Waals surface area contributed by atoms with E-state index in [-0.39, 0.29) is 18.6 Å². The molecule has 1 amide bonds. The number of amides is 1. The first kappa shape index (κ1) is 16.2. The third-order valence-electron chi connectivity index (χ3n) is 5.02. The molecule has 1 atom stereocenters. The van der Waals surface area contributed by atoms with Gasteiger partial charge in [-0.05, 0) is 57.1 Å². The van der Waals surface area contributed by atoms with Crippen molar-refractivity contribution in [1.29, 1.82) is 0 Å². The minimum absolute atomic E-state index is 0.0869. The van der Waals surface area contributed by atoms with Gasteiger partial charge in [-0.3, -0.25) is 4.79 Å². The van der Waals surface area contributed by atoms with E-state index in [0.717, 1.165) is 50.3 Å². The average molecular weight is 317 g/mol. The van der Waals surface area contributed by atoms with Crippen LogP contribution in [0.2, 0.25) is 0 Å². The minimum Gasteiger partial charge on any atom is -0.396 e. The first-order valence-corrected chi connectivity index (χ1v) is 8.92. The predicted molar refractivity (Wildman–Crippen MR) is 90.7 cm³/mol. The van der Waals surface area contributed by atoms with Crippen molar-refractivity contribution < 1.29 is 9.90 Å². The van der Waals surface area contributed by atoms with Gasteiger partial charge in [0.1, 0.15) is 5.82 Å². The molecule has 0 radical (unpaired) electrons. The zero-order valence-electron chi connectivity index (χ0n) is 13.8. The fourth-order valence-corrected chi connectivity index (χ4v) is 3.73. The monoisotopic (exact) mass is 317 g/mol. The van der Waals surface area contributed by atoms with Gasteiger partial charge in [-0.2, -0.15) is 0 Å². The van der Waals surface area contributed by atoms with Crippen LogP contribution in [-0.2, 0) is 0 Å². The average Bonchev–Trinajstić information content (AvgIpc) is 2.63. The highest BCUT2D eigenvalue weighted by molar-refractivity contribution is 5.95. The minimum atomic E-state index is 0.0869. The summed E-state index contributed by atoms with van der Waals surface area (Å²) >= 11 is 0. The smallest absolute Gasteiger partial charge is 0.254 e.